The molecule has 3 rings (SSSR count). The number of rotatable bonds is 2. The van der Waals surface area contributed by atoms with Crippen molar-refractivity contribution in [3.05, 3.63) is 40.5 Å². The average Bonchev–Trinajstić information content (AvgIpc) is 2.86. The van der Waals surface area contributed by atoms with Crippen molar-refractivity contribution >= 4 is 15.9 Å². The van der Waals surface area contributed by atoms with E-state index in [1.807, 2.05) is 11.5 Å². The number of aromatic nitrogens is 3. The standard InChI is InChI=1S/C15H19N5O3S/c1-9-6-10(2)13(24(16,22)23)7-12(9)15(21)19-4-5-20-11(3)17-18-14(20)8-19/h6-7H,4-5,8H2,1-3H3,(H2,16,22,23). The fraction of sp³-hybridized carbons (Fsp3) is 0.400. The third-order valence-electron chi connectivity index (χ3n) is 4.28. The summed E-state index contributed by atoms with van der Waals surface area (Å²) in [6.45, 7) is 6.79. The van der Waals surface area contributed by atoms with Crippen molar-refractivity contribution in [3.63, 3.8) is 0 Å². The van der Waals surface area contributed by atoms with E-state index >= 15 is 0 Å². The molecule has 0 saturated carbocycles. The number of nitrogens with two attached hydrogens (primary N) is 1. The summed E-state index contributed by atoms with van der Waals surface area (Å²) in [4.78, 5) is 14.5. The summed E-state index contributed by atoms with van der Waals surface area (Å²) < 4.78 is 25.4. The number of hydrogen-bond donors (Lipinski definition) is 1. The molecule has 0 fully saturated rings. The molecule has 0 atom stereocenters. The van der Waals surface area contributed by atoms with Gasteiger partial charge in [-0.05, 0) is 38.0 Å². The normalized spacial score (nSPS) is 14.6. The van der Waals surface area contributed by atoms with Gasteiger partial charge in [-0.1, -0.05) is 6.07 Å². The van der Waals surface area contributed by atoms with Gasteiger partial charge in [-0.25, -0.2) is 13.6 Å². The first-order valence-electron chi connectivity index (χ1n) is 7.50. The number of carbonyl (C=O) groups excluding carboxylic acids is 1. The summed E-state index contributed by atoms with van der Waals surface area (Å²) >= 11 is 0. The van der Waals surface area contributed by atoms with Gasteiger partial charge in [0.05, 0.1) is 11.4 Å². The smallest absolute Gasteiger partial charge is 0.254 e. The second-order valence-electron chi connectivity index (χ2n) is 6.02. The molecule has 1 amide bonds. The van der Waals surface area contributed by atoms with Crippen LogP contribution in [0.4, 0.5) is 0 Å². The van der Waals surface area contributed by atoms with E-state index in [0.29, 0.717) is 36.3 Å². The second kappa shape index (κ2) is 5.67. The van der Waals surface area contributed by atoms with E-state index < -0.39 is 10.0 Å². The number of amides is 1. The molecule has 9 heteroatoms. The van der Waals surface area contributed by atoms with Gasteiger partial charge in [0.1, 0.15) is 5.82 Å². The van der Waals surface area contributed by atoms with Crippen LogP contribution in [-0.4, -0.2) is 40.5 Å². The Bertz CT molecular complexity index is 933. The van der Waals surface area contributed by atoms with E-state index in [9.17, 15) is 13.2 Å². The highest BCUT2D eigenvalue weighted by Crippen LogP contribution is 2.22. The summed E-state index contributed by atoms with van der Waals surface area (Å²) in [5, 5.41) is 13.3. The highest BCUT2D eigenvalue weighted by Gasteiger charge is 2.26. The van der Waals surface area contributed by atoms with Gasteiger partial charge >= 0.3 is 0 Å². The topological polar surface area (TPSA) is 111 Å². The molecular formula is C15H19N5O3S. The van der Waals surface area contributed by atoms with Gasteiger partial charge in [-0.15, -0.1) is 10.2 Å². The summed E-state index contributed by atoms with van der Waals surface area (Å²) in [6, 6.07) is 3.04. The predicted octanol–water partition coefficient (Wildman–Crippen LogP) is 0.507. The van der Waals surface area contributed by atoms with Crippen molar-refractivity contribution in [3.8, 4) is 0 Å². The van der Waals surface area contributed by atoms with Crippen molar-refractivity contribution < 1.29 is 13.2 Å². The maximum absolute atomic E-state index is 12.9. The number of benzene rings is 1. The molecule has 0 aliphatic carbocycles. The molecule has 0 bridgehead atoms. The lowest BCUT2D eigenvalue weighted by molar-refractivity contribution is 0.0705. The third kappa shape index (κ3) is 2.80. The number of aryl methyl sites for hydroxylation is 3. The van der Waals surface area contributed by atoms with Crippen LogP contribution < -0.4 is 5.14 Å². The maximum atomic E-state index is 12.9. The maximum Gasteiger partial charge on any atom is 0.254 e. The molecule has 1 aromatic heterocycles. The Labute approximate surface area is 140 Å². The third-order valence-corrected chi connectivity index (χ3v) is 5.34. The molecule has 1 aromatic carbocycles. The van der Waals surface area contributed by atoms with Gasteiger partial charge in [0.2, 0.25) is 10.0 Å². The molecule has 1 aliphatic heterocycles. The van der Waals surface area contributed by atoms with Gasteiger partial charge in [0.15, 0.2) is 5.82 Å². The SMILES string of the molecule is Cc1cc(C)c(S(N)(=O)=O)cc1C(=O)N1CCn2c(C)nnc2C1. The molecule has 0 unspecified atom stereocenters. The molecular weight excluding hydrogens is 330 g/mol. The highest BCUT2D eigenvalue weighted by molar-refractivity contribution is 7.89. The number of fused-ring (bicyclic) bond motifs is 1. The Balaban J connectivity index is 1.96. The van der Waals surface area contributed by atoms with Crippen LogP contribution in [0.1, 0.15) is 33.1 Å². The number of hydrogen-bond acceptors (Lipinski definition) is 5. The fourth-order valence-corrected chi connectivity index (χ4v) is 3.81. The van der Waals surface area contributed by atoms with Gasteiger partial charge < -0.3 is 9.47 Å². The van der Waals surface area contributed by atoms with Crippen LogP contribution in [0.25, 0.3) is 0 Å². The summed E-state index contributed by atoms with van der Waals surface area (Å²) in [6.07, 6.45) is 0. The van der Waals surface area contributed by atoms with Crippen LogP contribution in [0.15, 0.2) is 17.0 Å². The number of sulfonamides is 1. The zero-order valence-corrected chi connectivity index (χ0v) is 14.6. The predicted molar refractivity (Wildman–Crippen MR) is 86.8 cm³/mol. The Kier molecular flexibility index (Phi) is 3.92. The molecule has 0 spiro atoms. The first-order valence-corrected chi connectivity index (χ1v) is 9.05. The minimum atomic E-state index is -3.88. The molecule has 24 heavy (non-hydrogen) atoms. The van der Waals surface area contributed by atoms with Gasteiger partial charge in [-0.3, -0.25) is 4.79 Å². The van der Waals surface area contributed by atoms with E-state index in [0.717, 1.165) is 11.6 Å². The van der Waals surface area contributed by atoms with E-state index in [2.05, 4.69) is 10.2 Å². The molecule has 128 valence electrons. The van der Waals surface area contributed by atoms with Crippen LogP contribution in [0.5, 0.6) is 0 Å². The van der Waals surface area contributed by atoms with Crippen LogP contribution in [0.2, 0.25) is 0 Å². The zero-order valence-electron chi connectivity index (χ0n) is 13.8. The molecule has 2 N–H and O–H groups in total. The second-order valence-corrected chi connectivity index (χ2v) is 7.55. The Hall–Kier alpha value is -2.26. The molecule has 8 nitrogen and oxygen atoms in total. The monoisotopic (exact) mass is 349 g/mol. The van der Waals surface area contributed by atoms with E-state index in [4.69, 9.17) is 5.14 Å². The van der Waals surface area contributed by atoms with E-state index in [-0.39, 0.29) is 10.8 Å². The number of nitrogens with zero attached hydrogens (tertiary/aromatic N) is 4. The van der Waals surface area contributed by atoms with Crippen LogP contribution in [-0.2, 0) is 23.1 Å². The average molecular weight is 349 g/mol. The van der Waals surface area contributed by atoms with Crippen molar-refractivity contribution in [1.29, 1.82) is 0 Å². The van der Waals surface area contributed by atoms with E-state index in [1.54, 1.807) is 24.8 Å². The highest BCUT2D eigenvalue weighted by atomic mass is 32.2. The number of carbonyl (C=O) groups is 1. The molecule has 2 heterocycles. The van der Waals surface area contributed by atoms with Crippen molar-refractivity contribution in [2.75, 3.05) is 6.54 Å². The van der Waals surface area contributed by atoms with Gasteiger partial charge in [0.25, 0.3) is 5.91 Å². The molecule has 0 saturated heterocycles. The first-order chi connectivity index (χ1) is 11.2. The molecule has 0 radical (unpaired) electrons. The van der Waals surface area contributed by atoms with Crippen LogP contribution in [0, 0.1) is 20.8 Å². The number of primary sulfonamides is 1. The van der Waals surface area contributed by atoms with Crippen molar-refractivity contribution in [2.45, 2.75) is 38.8 Å². The Morgan fingerprint density at radius 1 is 1.12 bits per heavy atom. The fourth-order valence-electron chi connectivity index (χ4n) is 3.02. The van der Waals surface area contributed by atoms with E-state index in [1.165, 1.54) is 6.07 Å². The van der Waals surface area contributed by atoms with Crippen molar-refractivity contribution in [1.82, 2.24) is 19.7 Å². The van der Waals surface area contributed by atoms with Crippen LogP contribution in [0.3, 0.4) is 0 Å². The lowest BCUT2D eigenvalue weighted by Gasteiger charge is -2.28. The lowest BCUT2D eigenvalue weighted by atomic mass is 10.0. The van der Waals surface area contributed by atoms with Crippen LogP contribution >= 0.6 is 0 Å². The van der Waals surface area contributed by atoms with Gasteiger partial charge in [0, 0.05) is 18.7 Å². The minimum absolute atomic E-state index is 0.0209. The Morgan fingerprint density at radius 2 is 1.83 bits per heavy atom. The van der Waals surface area contributed by atoms with Gasteiger partial charge in [-0.2, -0.15) is 0 Å². The zero-order chi connectivity index (χ0) is 17.6. The summed E-state index contributed by atoms with van der Waals surface area (Å²) in [5.41, 5.74) is 1.59. The van der Waals surface area contributed by atoms with Crippen molar-refractivity contribution in [2.24, 2.45) is 5.14 Å². The summed E-state index contributed by atoms with van der Waals surface area (Å²) in [7, 11) is -3.88. The lowest BCUT2D eigenvalue weighted by Crippen LogP contribution is -2.39. The quantitative estimate of drug-likeness (QED) is 0.849. The summed E-state index contributed by atoms with van der Waals surface area (Å²) in [5.74, 6) is 1.31. The minimum Gasteiger partial charge on any atom is -0.329 e. The first kappa shape index (κ1) is 16.6. The largest absolute Gasteiger partial charge is 0.329 e. The molecule has 2 aromatic rings. The Morgan fingerprint density at radius 3 is 2.50 bits per heavy atom. The molecule has 1 aliphatic rings.